The van der Waals surface area contributed by atoms with Crippen LogP contribution in [0.1, 0.15) is 47.8 Å². The fraction of sp³-hybridized carbons (Fsp3) is 0.318. The number of aromatic nitrogens is 1. The van der Waals surface area contributed by atoms with E-state index in [0.29, 0.717) is 6.61 Å². The first-order valence-electron chi connectivity index (χ1n) is 9.18. The van der Waals surface area contributed by atoms with Crippen molar-refractivity contribution < 1.29 is 14.6 Å². The van der Waals surface area contributed by atoms with Crippen LogP contribution >= 0.6 is 0 Å². The summed E-state index contributed by atoms with van der Waals surface area (Å²) >= 11 is 0. The van der Waals surface area contributed by atoms with Gasteiger partial charge in [0.25, 0.3) is 0 Å². The van der Waals surface area contributed by atoms with E-state index in [0.717, 1.165) is 35.0 Å². The Morgan fingerprint density at radius 1 is 1.19 bits per heavy atom. The molecule has 2 heterocycles. The molecule has 0 aliphatic carbocycles. The van der Waals surface area contributed by atoms with Gasteiger partial charge in [-0.25, -0.2) is 0 Å². The molecule has 0 saturated heterocycles. The number of carboxylic acid groups (broad SMARTS) is 1. The van der Waals surface area contributed by atoms with E-state index in [2.05, 4.69) is 36.2 Å². The Balaban J connectivity index is 1.85. The topological polar surface area (TPSA) is 62.3 Å². The molecular formula is C22H23NO3. The molecule has 1 aromatic heterocycles. The van der Waals surface area contributed by atoms with E-state index < -0.39 is 5.97 Å². The van der Waals surface area contributed by atoms with Crippen molar-refractivity contribution in [2.24, 2.45) is 0 Å². The summed E-state index contributed by atoms with van der Waals surface area (Å²) in [7, 11) is 0. The zero-order chi connectivity index (χ0) is 18.1. The summed E-state index contributed by atoms with van der Waals surface area (Å²) in [5.74, 6) is -0.579. The van der Waals surface area contributed by atoms with Crippen molar-refractivity contribution in [3.8, 4) is 0 Å². The molecule has 1 aliphatic rings. The SMILES string of the molecule is CCC1OCC(Cc2ccccc2)c2c1[nH]c1cccc(CC(=O)O)c21. The standard InChI is InChI=1S/C22H23NO3/c1-2-18-22-21(16(13-26-18)11-14-7-4-3-5-8-14)20-15(12-19(24)25)9-6-10-17(20)23-22/h3-10,16,18,23H,2,11-13H2,1H3,(H,24,25). The molecule has 0 radical (unpaired) electrons. The van der Waals surface area contributed by atoms with Gasteiger partial charge in [-0.2, -0.15) is 0 Å². The highest BCUT2D eigenvalue weighted by molar-refractivity contribution is 5.91. The largest absolute Gasteiger partial charge is 0.481 e. The number of aromatic amines is 1. The lowest BCUT2D eigenvalue weighted by atomic mass is 9.85. The van der Waals surface area contributed by atoms with Gasteiger partial charge in [-0.1, -0.05) is 49.4 Å². The monoisotopic (exact) mass is 349 g/mol. The third kappa shape index (κ3) is 3.01. The summed E-state index contributed by atoms with van der Waals surface area (Å²) < 4.78 is 6.14. The highest BCUT2D eigenvalue weighted by Gasteiger charge is 2.32. The number of rotatable bonds is 5. The number of aliphatic carboxylic acids is 1. The van der Waals surface area contributed by atoms with Crippen LogP contribution in [0.5, 0.6) is 0 Å². The number of carbonyl (C=O) groups is 1. The third-order valence-corrected chi connectivity index (χ3v) is 5.25. The molecule has 4 rings (SSSR count). The molecule has 4 nitrogen and oxygen atoms in total. The lowest BCUT2D eigenvalue weighted by molar-refractivity contribution is -0.136. The van der Waals surface area contributed by atoms with Crippen molar-refractivity contribution in [2.45, 2.75) is 38.2 Å². The first kappa shape index (κ1) is 16.9. The molecule has 0 amide bonds. The molecule has 1 aliphatic heterocycles. The van der Waals surface area contributed by atoms with Gasteiger partial charge in [0.2, 0.25) is 0 Å². The second kappa shape index (κ2) is 6.96. The van der Waals surface area contributed by atoms with Gasteiger partial charge in [-0.15, -0.1) is 0 Å². The van der Waals surface area contributed by atoms with Crippen LogP contribution in [0.15, 0.2) is 48.5 Å². The number of nitrogens with one attached hydrogen (secondary N) is 1. The maximum absolute atomic E-state index is 11.4. The van der Waals surface area contributed by atoms with Crippen LogP contribution in [0.25, 0.3) is 10.9 Å². The van der Waals surface area contributed by atoms with E-state index >= 15 is 0 Å². The van der Waals surface area contributed by atoms with Crippen LogP contribution in [0.2, 0.25) is 0 Å². The molecule has 2 atom stereocenters. The van der Waals surface area contributed by atoms with Gasteiger partial charge in [-0.05, 0) is 35.6 Å². The van der Waals surface area contributed by atoms with E-state index in [9.17, 15) is 9.90 Å². The van der Waals surface area contributed by atoms with Crippen LogP contribution in [-0.2, 0) is 22.4 Å². The molecule has 0 saturated carbocycles. The molecule has 0 bridgehead atoms. The molecule has 2 unspecified atom stereocenters. The van der Waals surface area contributed by atoms with E-state index in [1.165, 1.54) is 11.1 Å². The van der Waals surface area contributed by atoms with Gasteiger partial charge in [0.05, 0.1) is 19.1 Å². The van der Waals surface area contributed by atoms with Gasteiger partial charge in [0, 0.05) is 22.5 Å². The fourth-order valence-corrected chi connectivity index (χ4v) is 4.14. The summed E-state index contributed by atoms with van der Waals surface area (Å²) in [5.41, 5.74) is 5.52. The van der Waals surface area contributed by atoms with E-state index in [1.807, 2.05) is 24.3 Å². The molecule has 134 valence electrons. The first-order chi connectivity index (χ1) is 12.7. The molecule has 26 heavy (non-hydrogen) atoms. The fourth-order valence-electron chi connectivity index (χ4n) is 4.14. The Kier molecular flexibility index (Phi) is 4.51. The Hall–Kier alpha value is -2.59. The lowest BCUT2D eigenvalue weighted by Crippen LogP contribution is -2.22. The number of hydrogen-bond acceptors (Lipinski definition) is 2. The summed E-state index contributed by atoms with van der Waals surface area (Å²) in [6, 6.07) is 16.3. The normalized spacial score (nSPS) is 19.4. The minimum Gasteiger partial charge on any atom is -0.481 e. The average Bonchev–Trinajstić information content (AvgIpc) is 3.03. The Bertz CT molecular complexity index is 929. The zero-order valence-electron chi connectivity index (χ0n) is 14.9. The molecule has 0 fully saturated rings. The number of ether oxygens (including phenoxy) is 1. The molecule has 4 heteroatoms. The first-order valence-corrected chi connectivity index (χ1v) is 9.18. The summed E-state index contributed by atoms with van der Waals surface area (Å²) in [6.45, 7) is 2.78. The molecule has 2 aromatic carbocycles. The Morgan fingerprint density at radius 3 is 2.73 bits per heavy atom. The van der Waals surface area contributed by atoms with E-state index in [-0.39, 0.29) is 18.4 Å². The number of fused-ring (bicyclic) bond motifs is 3. The molecule has 2 N–H and O–H groups in total. The van der Waals surface area contributed by atoms with Crippen molar-refractivity contribution in [2.75, 3.05) is 6.61 Å². The van der Waals surface area contributed by atoms with Gasteiger partial charge in [-0.3, -0.25) is 4.79 Å². The second-order valence-electron chi connectivity index (χ2n) is 6.98. The molecule has 3 aromatic rings. The predicted molar refractivity (Wildman–Crippen MR) is 102 cm³/mol. The second-order valence-corrected chi connectivity index (χ2v) is 6.98. The van der Waals surface area contributed by atoms with Crippen LogP contribution in [0.4, 0.5) is 0 Å². The van der Waals surface area contributed by atoms with Gasteiger partial charge < -0.3 is 14.8 Å². The van der Waals surface area contributed by atoms with E-state index in [4.69, 9.17) is 4.74 Å². The predicted octanol–water partition coefficient (Wildman–Crippen LogP) is 4.60. The van der Waals surface area contributed by atoms with Crippen LogP contribution in [0.3, 0.4) is 0 Å². The quantitative estimate of drug-likeness (QED) is 0.707. The third-order valence-electron chi connectivity index (χ3n) is 5.25. The van der Waals surface area contributed by atoms with Crippen LogP contribution < -0.4 is 0 Å². The molecule has 0 spiro atoms. The average molecular weight is 349 g/mol. The molecular weight excluding hydrogens is 326 g/mol. The van der Waals surface area contributed by atoms with Gasteiger partial charge in [0.1, 0.15) is 0 Å². The number of carboxylic acids is 1. The van der Waals surface area contributed by atoms with Crippen molar-refractivity contribution in [3.05, 3.63) is 70.9 Å². The summed E-state index contributed by atoms with van der Waals surface area (Å²) in [5, 5.41) is 10.4. The Labute approximate surface area is 152 Å². The number of H-pyrrole nitrogens is 1. The highest BCUT2D eigenvalue weighted by Crippen LogP contribution is 2.42. The maximum Gasteiger partial charge on any atom is 0.307 e. The van der Waals surface area contributed by atoms with Crippen molar-refractivity contribution in [1.82, 2.24) is 4.98 Å². The number of hydrogen-bond donors (Lipinski definition) is 2. The maximum atomic E-state index is 11.4. The Morgan fingerprint density at radius 2 is 2.00 bits per heavy atom. The van der Waals surface area contributed by atoms with Crippen LogP contribution in [0, 0.1) is 0 Å². The van der Waals surface area contributed by atoms with Crippen molar-refractivity contribution in [1.29, 1.82) is 0 Å². The summed E-state index contributed by atoms with van der Waals surface area (Å²) in [6.07, 6.45) is 1.87. The van der Waals surface area contributed by atoms with Crippen LogP contribution in [-0.4, -0.2) is 22.7 Å². The van der Waals surface area contributed by atoms with Gasteiger partial charge >= 0.3 is 5.97 Å². The highest BCUT2D eigenvalue weighted by atomic mass is 16.5. The van der Waals surface area contributed by atoms with Crippen molar-refractivity contribution in [3.63, 3.8) is 0 Å². The lowest BCUT2D eigenvalue weighted by Gasteiger charge is -2.29. The minimum absolute atomic E-state index is 0.0390. The zero-order valence-corrected chi connectivity index (χ0v) is 14.9. The van der Waals surface area contributed by atoms with Gasteiger partial charge in [0.15, 0.2) is 0 Å². The smallest absolute Gasteiger partial charge is 0.307 e. The number of benzene rings is 2. The summed E-state index contributed by atoms with van der Waals surface area (Å²) in [4.78, 5) is 14.9. The minimum atomic E-state index is -0.800. The van der Waals surface area contributed by atoms with E-state index in [1.54, 1.807) is 0 Å². The van der Waals surface area contributed by atoms with Crippen molar-refractivity contribution >= 4 is 16.9 Å².